The molecule has 7 nitrogen and oxygen atoms in total. The molecule has 27 heavy (non-hydrogen) atoms. The van der Waals surface area contributed by atoms with Crippen LogP contribution in [0, 0.1) is 10.1 Å². The van der Waals surface area contributed by atoms with Gasteiger partial charge in [0.1, 0.15) is 11.4 Å². The summed E-state index contributed by atoms with van der Waals surface area (Å²) in [5, 5.41) is 17.4. The first-order valence-corrected chi connectivity index (χ1v) is 9.00. The van der Waals surface area contributed by atoms with E-state index in [1.165, 1.54) is 6.07 Å². The van der Waals surface area contributed by atoms with Crippen molar-refractivity contribution in [1.29, 1.82) is 0 Å². The maximum absolute atomic E-state index is 12.1. The highest BCUT2D eigenvalue weighted by molar-refractivity contribution is 5.95. The summed E-state index contributed by atoms with van der Waals surface area (Å²) in [5.41, 5.74) is 1.68. The zero-order chi connectivity index (χ0) is 19.4. The van der Waals surface area contributed by atoms with E-state index in [1.54, 1.807) is 12.1 Å². The first kappa shape index (κ1) is 18.7. The molecule has 142 valence electrons. The van der Waals surface area contributed by atoms with Gasteiger partial charge in [-0.15, -0.1) is 0 Å². The predicted octanol–water partition coefficient (Wildman–Crippen LogP) is 3.71. The van der Waals surface area contributed by atoms with Crippen LogP contribution >= 0.6 is 0 Å². The number of nitro groups is 1. The van der Waals surface area contributed by atoms with Crippen LogP contribution in [0.2, 0.25) is 0 Å². The van der Waals surface area contributed by atoms with Gasteiger partial charge in [0.2, 0.25) is 0 Å². The second-order valence-corrected chi connectivity index (χ2v) is 6.87. The summed E-state index contributed by atoms with van der Waals surface area (Å²) >= 11 is 0. The van der Waals surface area contributed by atoms with Crippen molar-refractivity contribution in [2.75, 3.05) is 18.5 Å². The first-order chi connectivity index (χ1) is 13.0. The molecule has 0 saturated carbocycles. The van der Waals surface area contributed by atoms with Crippen LogP contribution in [-0.2, 0) is 0 Å². The Morgan fingerprint density at radius 3 is 2.81 bits per heavy atom. The molecule has 0 radical (unpaired) electrons. The maximum Gasteiger partial charge on any atom is 0.293 e. The van der Waals surface area contributed by atoms with Crippen LogP contribution in [0.15, 0.2) is 42.5 Å². The van der Waals surface area contributed by atoms with Gasteiger partial charge in [-0.25, -0.2) is 0 Å². The fraction of sp³-hybridized carbons (Fsp3) is 0.350. The van der Waals surface area contributed by atoms with Gasteiger partial charge in [0.05, 0.1) is 11.5 Å². The Morgan fingerprint density at radius 1 is 1.30 bits per heavy atom. The van der Waals surface area contributed by atoms with Crippen LogP contribution < -0.4 is 15.4 Å². The Kier molecular flexibility index (Phi) is 5.59. The molecule has 3 rings (SSSR count). The number of anilines is 1. The second-order valence-electron chi connectivity index (χ2n) is 6.87. The van der Waals surface area contributed by atoms with Gasteiger partial charge in [-0.3, -0.25) is 14.9 Å². The molecule has 1 heterocycles. The number of fused-ring (bicyclic) bond motifs is 1. The lowest BCUT2D eigenvalue weighted by Crippen LogP contribution is -2.30. The van der Waals surface area contributed by atoms with E-state index in [-0.39, 0.29) is 29.1 Å². The predicted molar refractivity (Wildman–Crippen MR) is 103 cm³/mol. The van der Waals surface area contributed by atoms with Gasteiger partial charge < -0.3 is 15.4 Å². The van der Waals surface area contributed by atoms with Gasteiger partial charge in [0.25, 0.3) is 11.6 Å². The SMILES string of the molecule is CC(C)NC(=O)c1ccc(NCC2CCOc3ccccc32)c([N+](=O)[O-])c1. The van der Waals surface area contributed by atoms with E-state index in [9.17, 15) is 14.9 Å². The van der Waals surface area contributed by atoms with E-state index >= 15 is 0 Å². The van der Waals surface area contributed by atoms with Crippen LogP contribution in [0.4, 0.5) is 11.4 Å². The molecule has 0 saturated heterocycles. The van der Waals surface area contributed by atoms with Gasteiger partial charge >= 0.3 is 0 Å². The van der Waals surface area contributed by atoms with Crippen LogP contribution in [0.1, 0.15) is 42.1 Å². The van der Waals surface area contributed by atoms with Gasteiger partial charge in [-0.05, 0) is 44.0 Å². The van der Waals surface area contributed by atoms with E-state index in [0.717, 1.165) is 17.7 Å². The van der Waals surface area contributed by atoms with Gasteiger partial charge in [-0.1, -0.05) is 18.2 Å². The largest absolute Gasteiger partial charge is 0.493 e. The topological polar surface area (TPSA) is 93.5 Å². The number of rotatable bonds is 6. The monoisotopic (exact) mass is 369 g/mol. The van der Waals surface area contributed by atoms with Crippen molar-refractivity contribution < 1.29 is 14.5 Å². The van der Waals surface area contributed by atoms with E-state index in [0.29, 0.717) is 18.8 Å². The van der Waals surface area contributed by atoms with Crippen LogP contribution in [-0.4, -0.2) is 30.0 Å². The number of hydrogen-bond donors (Lipinski definition) is 2. The number of carbonyl (C=O) groups is 1. The molecular formula is C20H23N3O4. The molecule has 1 unspecified atom stereocenters. The number of para-hydroxylation sites is 1. The van der Waals surface area contributed by atoms with Crippen LogP contribution in [0.3, 0.4) is 0 Å². The summed E-state index contributed by atoms with van der Waals surface area (Å²) in [7, 11) is 0. The average molecular weight is 369 g/mol. The number of hydrogen-bond acceptors (Lipinski definition) is 5. The summed E-state index contributed by atoms with van der Waals surface area (Å²) in [6.07, 6.45) is 0.840. The molecule has 0 aromatic heterocycles. The smallest absolute Gasteiger partial charge is 0.293 e. The summed E-state index contributed by atoms with van der Waals surface area (Å²) in [6.45, 7) is 4.86. The minimum Gasteiger partial charge on any atom is -0.493 e. The zero-order valence-electron chi connectivity index (χ0n) is 15.4. The minimum absolute atomic E-state index is 0.0389. The number of ether oxygens (including phenoxy) is 1. The van der Waals surface area contributed by atoms with Gasteiger partial charge in [0, 0.05) is 30.1 Å². The molecule has 2 aromatic rings. The summed E-state index contributed by atoms with van der Waals surface area (Å²) < 4.78 is 5.66. The molecule has 1 aliphatic rings. The Bertz CT molecular complexity index is 851. The summed E-state index contributed by atoms with van der Waals surface area (Å²) in [6, 6.07) is 12.3. The zero-order valence-corrected chi connectivity index (χ0v) is 15.4. The second kappa shape index (κ2) is 8.07. The molecule has 2 aromatic carbocycles. The number of nitrogens with one attached hydrogen (secondary N) is 2. The third-order valence-electron chi connectivity index (χ3n) is 4.50. The van der Waals surface area contributed by atoms with Crippen molar-refractivity contribution in [3.8, 4) is 5.75 Å². The fourth-order valence-corrected chi connectivity index (χ4v) is 3.18. The summed E-state index contributed by atoms with van der Waals surface area (Å²) in [5.74, 6) is 0.752. The molecular weight excluding hydrogens is 346 g/mol. The van der Waals surface area contributed by atoms with E-state index in [4.69, 9.17) is 4.74 Å². The Morgan fingerprint density at radius 2 is 2.07 bits per heavy atom. The van der Waals surface area contributed by atoms with Crippen molar-refractivity contribution in [3.63, 3.8) is 0 Å². The van der Waals surface area contributed by atoms with E-state index in [1.807, 2.05) is 38.1 Å². The standard InChI is InChI=1S/C20H23N3O4/c1-13(2)22-20(24)14-7-8-17(18(11-14)23(25)26)21-12-15-9-10-27-19-6-4-3-5-16(15)19/h3-8,11,13,15,21H,9-10,12H2,1-2H3,(H,22,24). The van der Waals surface area contributed by atoms with Crippen molar-refractivity contribution in [2.45, 2.75) is 32.2 Å². The van der Waals surface area contributed by atoms with Gasteiger partial charge in [0.15, 0.2) is 0 Å². The molecule has 0 spiro atoms. The number of benzene rings is 2. The molecule has 1 atom stereocenters. The Hall–Kier alpha value is -3.09. The first-order valence-electron chi connectivity index (χ1n) is 9.00. The Labute approximate surface area is 157 Å². The lowest BCUT2D eigenvalue weighted by molar-refractivity contribution is -0.384. The van der Waals surface area contributed by atoms with Crippen LogP contribution in [0.25, 0.3) is 0 Å². The lowest BCUT2D eigenvalue weighted by atomic mass is 9.93. The molecule has 1 amide bonds. The van der Waals surface area contributed by atoms with Crippen molar-refractivity contribution in [2.24, 2.45) is 0 Å². The minimum atomic E-state index is -0.466. The highest BCUT2D eigenvalue weighted by Crippen LogP contribution is 2.34. The number of nitrogens with zero attached hydrogens (tertiary/aromatic N) is 1. The van der Waals surface area contributed by atoms with Crippen molar-refractivity contribution in [3.05, 3.63) is 63.7 Å². The molecule has 0 fully saturated rings. The van der Waals surface area contributed by atoms with Gasteiger partial charge in [-0.2, -0.15) is 0 Å². The molecule has 2 N–H and O–H groups in total. The lowest BCUT2D eigenvalue weighted by Gasteiger charge is -2.26. The fourth-order valence-electron chi connectivity index (χ4n) is 3.18. The highest BCUT2D eigenvalue weighted by atomic mass is 16.6. The van der Waals surface area contributed by atoms with E-state index in [2.05, 4.69) is 10.6 Å². The van der Waals surface area contributed by atoms with Crippen molar-refractivity contribution >= 4 is 17.3 Å². The third kappa shape index (κ3) is 4.36. The summed E-state index contributed by atoms with van der Waals surface area (Å²) in [4.78, 5) is 23.1. The maximum atomic E-state index is 12.1. The molecule has 1 aliphatic heterocycles. The normalized spacial score (nSPS) is 15.6. The Balaban J connectivity index is 1.77. The highest BCUT2D eigenvalue weighted by Gasteiger charge is 2.23. The quantitative estimate of drug-likeness (QED) is 0.598. The van der Waals surface area contributed by atoms with Crippen LogP contribution in [0.5, 0.6) is 5.75 Å². The van der Waals surface area contributed by atoms with E-state index < -0.39 is 4.92 Å². The van der Waals surface area contributed by atoms with Crippen molar-refractivity contribution in [1.82, 2.24) is 5.32 Å². The molecule has 0 aliphatic carbocycles. The average Bonchev–Trinajstić information content (AvgIpc) is 2.65. The number of nitro benzene ring substituents is 1. The number of amides is 1. The number of carbonyl (C=O) groups excluding carboxylic acids is 1. The molecule has 7 heteroatoms. The third-order valence-corrected chi connectivity index (χ3v) is 4.50. The molecule has 0 bridgehead atoms.